The second-order valence-electron chi connectivity index (χ2n) is 4.52. The predicted molar refractivity (Wildman–Crippen MR) is 74.1 cm³/mol. The van der Waals surface area contributed by atoms with Crippen molar-refractivity contribution in [3.8, 4) is 0 Å². The Morgan fingerprint density at radius 1 is 1.58 bits per heavy atom. The van der Waals surface area contributed by atoms with Gasteiger partial charge in [-0.1, -0.05) is 0 Å². The van der Waals surface area contributed by atoms with E-state index in [-0.39, 0.29) is 18.1 Å². The molecule has 2 rings (SSSR count). The molecule has 104 valence electrons. The maximum Gasteiger partial charge on any atom is 0.255 e. The van der Waals surface area contributed by atoms with Crippen LogP contribution >= 0.6 is 15.9 Å². The van der Waals surface area contributed by atoms with Crippen LogP contribution in [0, 0.1) is 0 Å². The summed E-state index contributed by atoms with van der Waals surface area (Å²) in [6.07, 6.45) is 4.12. The van der Waals surface area contributed by atoms with E-state index < -0.39 is 0 Å². The summed E-state index contributed by atoms with van der Waals surface area (Å²) in [7, 11) is 3.32. The number of halogens is 1. The number of hydrogen-bond acceptors (Lipinski definition) is 4. The second-order valence-corrected chi connectivity index (χ2v) is 5.37. The molecule has 1 fully saturated rings. The predicted octanol–water partition coefficient (Wildman–Crippen LogP) is 1.72. The van der Waals surface area contributed by atoms with E-state index >= 15 is 0 Å². The Hall–Kier alpha value is -0.980. The molecule has 1 aromatic heterocycles. The third-order valence-corrected chi connectivity index (χ3v) is 3.96. The van der Waals surface area contributed by atoms with Crippen LogP contribution in [0.1, 0.15) is 16.8 Å². The van der Waals surface area contributed by atoms with Crippen molar-refractivity contribution >= 4 is 21.8 Å². The van der Waals surface area contributed by atoms with E-state index in [4.69, 9.17) is 9.47 Å². The molecule has 2 heterocycles. The van der Waals surface area contributed by atoms with Gasteiger partial charge < -0.3 is 14.4 Å². The summed E-state index contributed by atoms with van der Waals surface area (Å²) in [6, 6.07) is 1.78. The monoisotopic (exact) mass is 328 g/mol. The molecule has 0 aliphatic carbocycles. The number of methoxy groups -OCH3 is 2. The number of rotatable bonds is 4. The first kappa shape index (κ1) is 14.4. The molecule has 1 aliphatic heterocycles. The third kappa shape index (κ3) is 3.13. The summed E-state index contributed by atoms with van der Waals surface area (Å²) in [5.74, 6) is -0.0177. The maximum atomic E-state index is 12.6. The number of pyridine rings is 1. The van der Waals surface area contributed by atoms with Gasteiger partial charge in [-0.25, -0.2) is 0 Å². The molecule has 0 spiro atoms. The number of ether oxygens (including phenoxy) is 2. The van der Waals surface area contributed by atoms with Crippen molar-refractivity contribution < 1.29 is 14.3 Å². The van der Waals surface area contributed by atoms with Gasteiger partial charge in [0.15, 0.2) is 0 Å². The Morgan fingerprint density at radius 2 is 2.37 bits per heavy atom. The van der Waals surface area contributed by atoms with Gasteiger partial charge in [-0.2, -0.15) is 0 Å². The highest BCUT2D eigenvalue weighted by Gasteiger charge is 2.36. The molecule has 5 nitrogen and oxygen atoms in total. The van der Waals surface area contributed by atoms with Gasteiger partial charge >= 0.3 is 0 Å². The zero-order chi connectivity index (χ0) is 13.8. The van der Waals surface area contributed by atoms with Crippen molar-refractivity contribution in [2.24, 2.45) is 0 Å². The summed E-state index contributed by atoms with van der Waals surface area (Å²) in [5.41, 5.74) is 0.618. The number of carbonyl (C=O) groups excluding carboxylic acids is 1. The van der Waals surface area contributed by atoms with Gasteiger partial charge in [-0.15, -0.1) is 0 Å². The average molecular weight is 329 g/mol. The number of hydrogen-bond donors (Lipinski definition) is 0. The zero-order valence-corrected chi connectivity index (χ0v) is 12.6. The fourth-order valence-electron chi connectivity index (χ4n) is 2.35. The number of nitrogens with zero attached hydrogens (tertiary/aromatic N) is 2. The Kier molecular flexibility index (Phi) is 4.90. The molecule has 0 radical (unpaired) electrons. The van der Waals surface area contributed by atoms with Crippen LogP contribution in [0.2, 0.25) is 0 Å². The molecule has 1 aliphatic rings. The first-order valence-electron chi connectivity index (χ1n) is 6.09. The lowest BCUT2D eigenvalue weighted by Crippen LogP contribution is -2.38. The summed E-state index contributed by atoms with van der Waals surface area (Å²) < 4.78 is 11.3. The molecule has 1 saturated heterocycles. The van der Waals surface area contributed by atoms with Crippen molar-refractivity contribution in [1.82, 2.24) is 9.88 Å². The highest BCUT2D eigenvalue weighted by molar-refractivity contribution is 9.10. The Morgan fingerprint density at radius 3 is 3.00 bits per heavy atom. The normalized spacial score (nSPS) is 22.8. The van der Waals surface area contributed by atoms with Gasteiger partial charge in [0.1, 0.15) is 0 Å². The van der Waals surface area contributed by atoms with Crippen molar-refractivity contribution in [1.29, 1.82) is 0 Å². The zero-order valence-electron chi connectivity index (χ0n) is 11.0. The first-order chi connectivity index (χ1) is 9.17. The molecule has 1 amide bonds. The lowest BCUT2D eigenvalue weighted by molar-refractivity contribution is 0.0611. The van der Waals surface area contributed by atoms with E-state index in [1.165, 1.54) is 0 Å². The Balaban J connectivity index is 2.19. The van der Waals surface area contributed by atoms with E-state index in [9.17, 15) is 4.79 Å². The van der Waals surface area contributed by atoms with Crippen LogP contribution in [0.4, 0.5) is 0 Å². The van der Waals surface area contributed by atoms with Gasteiger partial charge in [0.05, 0.1) is 24.3 Å². The van der Waals surface area contributed by atoms with Gasteiger partial charge in [0, 0.05) is 37.6 Å². The van der Waals surface area contributed by atoms with E-state index in [1.807, 2.05) is 4.90 Å². The maximum absolute atomic E-state index is 12.6. The fourth-order valence-corrected chi connectivity index (χ4v) is 2.77. The van der Waals surface area contributed by atoms with Crippen LogP contribution in [-0.2, 0) is 9.47 Å². The molecule has 0 aromatic carbocycles. The highest BCUT2D eigenvalue weighted by atomic mass is 79.9. The third-order valence-electron chi connectivity index (χ3n) is 3.33. The Labute approximate surface area is 121 Å². The average Bonchev–Trinajstić information content (AvgIpc) is 2.82. The highest BCUT2D eigenvalue weighted by Crippen LogP contribution is 2.25. The number of amides is 1. The minimum atomic E-state index is -0.0177. The van der Waals surface area contributed by atoms with Crippen LogP contribution in [0.3, 0.4) is 0 Å². The molecule has 0 bridgehead atoms. The van der Waals surface area contributed by atoms with E-state index in [0.717, 1.165) is 6.42 Å². The van der Waals surface area contributed by atoms with Gasteiger partial charge in [-0.3, -0.25) is 9.78 Å². The standard InChI is InChI=1S/C13H17BrN2O3/c1-18-8-9-5-10(19-2)7-16(9)13(17)11-3-4-15-6-12(11)14/h3-4,6,9-10H,5,7-8H2,1-2H3/t9-,10+/m0/s1. The minimum absolute atomic E-state index is 0.0177. The van der Waals surface area contributed by atoms with Crippen LogP contribution < -0.4 is 0 Å². The lowest BCUT2D eigenvalue weighted by atomic mass is 10.2. The van der Waals surface area contributed by atoms with Gasteiger partial charge in [-0.05, 0) is 28.4 Å². The molecule has 0 unspecified atom stereocenters. The first-order valence-corrected chi connectivity index (χ1v) is 6.89. The van der Waals surface area contributed by atoms with Crippen LogP contribution in [0.25, 0.3) is 0 Å². The number of likely N-dealkylation sites (tertiary alicyclic amines) is 1. The van der Waals surface area contributed by atoms with Crippen LogP contribution in [0.5, 0.6) is 0 Å². The minimum Gasteiger partial charge on any atom is -0.383 e. The van der Waals surface area contributed by atoms with Crippen molar-refractivity contribution in [3.63, 3.8) is 0 Å². The second kappa shape index (κ2) is 6.45. The molecule has 0 saturated carbocycles. The van der Waals surface area contributed by atoms with Gasteiger partial charge in [0.2, 0.25) is 0 Å². The molecule has 6 heteroatoms. The summed E-state index contributed by atoms with van der Waals surface area (Å²) in [6.45, 7) is 1.12. The molecular formula is C13H17BrN2O3. The lowest BCUT2D eigenvalue weighted by Gasteiger charge is -2.24. The summed E-state index contributed by atoms with van der Waals surface area (Å²) >= 11 is 3.36. The van der Waals surface area contributed by atoms with E-state index in [1.54, 1.807) is 32.7 Å². The van der Waals surface area contributed by atoms with Gasteiger partial charge in [0.25, 0.3) is 5.91 Å². The van der Waals surface area contributed by atoms with Crippen LogP contribution in [0.15, 0.2) is 22.9 Å². The Bertz CT molecular complexity index is 455. The van der Waals surface area contributed by atoms with Crippen molar-refractivity contribution in [3.05, 3.63) is 28.5 Å². The largest absolute Gasteiger partial charge is 0.383 e. The van der Waals surface area contributed by atoms with E-state index in [0.29, 0.717) is 23.2 Å². The smallest absolute Gasteiger partial charge is 0.255 e. The molecule has 1 aromatic rings. The van der Waals surface area contributed by atoms with Crippen molar-refractivity contribution in [2.45, 2.75) is 18.6 Å². The summed E-state index contributed by atoms with van der Waals surface area (Å²) in [4.78, 5) is 18.4. The fraction of sp³-hybridized carbons (Fsp3) is 0.538. The quantitative estimate of drug-likeness (QED) is 0.844. The molecular weight excluding hydrogens is 312 g/mol. The number of aromatic nitrogens is 1. The SMILES string of the molecule is COC[C@@H]1C[C@@H](OC)CN1C(=O)c1ccncc1Br. The molecule has 0 N–H and O–H groups in total. The number of carbonyl (C=O) groups is 1. The topological polar surface area (TPSA) is 51.7 Å². The summed E-state index contributed by atoms with van der Waals surface area (Å²) in [5, 5.41) is 0. The van der Waals surface area contributed by atoms with Crippen LogP contribution in [-0.4, -0.2) is 55.3 Å². The molecule has 2 atom stereocenters. The van der Waals surface area contributed by atoms with E-state index in [2.05, 4.69) is 20.9 Å². The van der Waals surface area contributed by atoms with Crippen molar-refractivity contribution in [2.75, 3.05) is 27.4 Å². The molecule has 19 heavy (non-hydrogen) atoms.